The summed E-state index contributed by atoms with van der Waals surface area (Å²) in [5, 5.41) is 19.8. The zero-order valence-corrected chi connectivity index (χ0v) is 19.6. The minimum Gasteiger partial charge on any atom is -0.394 e. The summed E-state index contributed by atoms with van der Waals surface area (Å²) in [6, 6.07) is 21.7. The molecule has 0 amide bonds. The van der Waals surface area contributed by atoms with Crippen molar-refractivity contribution in [2.75, 3.05) is 24.0 Å². The number of anilines is 2. The first-order valence-corrected chi connectivity index (χ1v) is 11.2. The molecule has 35 heavy (non-hydrogen) atoms. The second-order valence-corrected chi connectivity index (χ2v) is 8.38. The molecule has 2 unspecified atom stereocenters. The average Bonchev–Trinajstić information content (AvgIpc) is 3.24. The first kappa shape index (κ1) is 24.6. The summed E-state index contributed by atoms with van der Waals surface area (Å²) in [6.07, 6.45) is -3.11. The van der Waals surface area contributed by atoms with Gasteiger partial charge in [-0.2, -0.15) is 18.2 Å². The molecule has 0 fully saturated rings. The van der Waals surface area contributed by atoms with Crippen LogP contribution in [-0.2, 0) is 6.18 Å². The molecule has 0 radical (unpaired) electrons. The highest BCUT2D eigenvalue weighted by molar-refractivity contribution is 7.80. The average molecular weight is 500 g/mol. The van der Waals surface area contributed by atoms with Crippen LogP contribution in [0.25, 0.3) is 0 Å². The van der Waals surface area contributed by atoms with E-state index < -0.39 is 11.7 Å². The van der Waals surface area contributed by atoms with Gasteiger partial charge in [-0.15, -0.1) is 0 Å². The number of nitrogens with zero attached hydrogens (tertiary/aromatic N) is 3. The monoisotopic (exact) mass is 499 g/mol. The lowest BCUT2D eigenvalue weighted by Gasteiger charge is -2.28. The van der Waals surface area contributed by atoms with Crippen molar-refractivity contribution in [3.8, 4) is 0 Å². The van der Waals surface area contributed by atoms with Gasteiger partial charge < -0.3 is 15.7 Å². The number of halogens is 3. The molecule has 3 aromatic rings. The van der Waals surface area contributed by atoms with Crippen molar-refractivity contribution >= 4 is 35.0 Å². The normalized spacial score (nSPS) is 16.8. The number of hydrazine groups is 1. The quantitative estimate of drug-likeness (QED) is 0.410. The fourth-order valence-electron chi connectivity index (χ4n) is 3.76. The Hall–Kier alpha value is -3.47. The second kappa shape index (κ2) is 10.4. The van der Waals surface area contributed by atoms with Crippen LogP contribution in [0.15, 0.2) is 83.9 Å². The zero-order chi connectivity index (χ0) is 25.0. The number of hydrogen-bond donors (Lipinski definition) is 3. The van der Waals surface area contributed by atoms with Crippen LogP contribution in [0.2, 0.25) is 0 Å². The molecule has 4 rings (SSSR count). The maximum Gasteiger partial charge on any atom is 0.416 e. The topological polar surface area (TPSA) is 63.1 Å². The number of rotatable bonds is 6. The maximum absolute atomic E-state index is 12.8. The molecule has 182 valence electrons. The number of nitrogens with one attached hydrogen (secondary N) is 2. The molecule has 0 saturated carbocycles. The molecule has 0 saturated heterocycles. The first-order valence-electron chi connectivity index (χ1n) is 10.8. The number of aliphatic hydroxyl groups is 1. The predicted molar refractivity (Wildman–Crippen MR) is 135 cm³/mol. The number of aliphatic imine (C=N–C) groups is 1. The van der Waals surface area contributed by atoms with Crippen molar-refractivity contribution in [3.63, 3.8) is 0 Å². The highest BCUT2D eigenvalue weighted by Crippen LogP contribution is 2.33. The van der Waals surface area contributed by atoms with Gasteiger partial charge in [0, 0.05) is 12.7 Å². The van der Waals surface area contributed by atoms with E-state index in [1.165, 1.54) is 12.1 Å². The van der Waals surface area contributed by atoms with Crippen molar-refractivity contribution in [2.45, 2.75) is 18.4 Å². The predicted octanol–water partition coefficient (Wildman–Crippen LogP) is 5.12. The maximum atomic E-state index is 12.8. The molecule has 2 atom stereocenters. The van der Waals surface area contributed by atoms with E-state index in [-0.39, 0.29) is 18.8 Å². The van der Waals surface area contributed by atoms with Gasteiger partial charge >= 0.3 is 6.18 Å². The van der Waals surface area contributed by atoms with E-state index >= 15 is 0 Å². The van der Waals surface area contributed by atoms with Crippen molar-refractivity contribution in [1.82, 2.24) is 10.3 Å². The lowest BCUT2D eigenvalue weighted by Crippen LogP contribution is -2.35. The van der Waals surface area contributed by atoms with Gasteiger partial charge in [-0.3, -0.25) is 5.01 Å². The molecule has 1 aliphatic rings. The minimum atomic E-state index is -4.37. The zero-order valence-electron chi connectivity index (χ0n) is 18.8. The number of benzene rings is 3. The molecule has 0 aromatic heterocycles. The highest BCUT2D eigenvalue weighted by atomic mass is 32.1. The smallest absolute Gasteiger partial charge is 0.394 e. The van der Waals surface area contributed by atoms with Gasteiger partial charge in [0.2, 0.25) is 0 Å². The first-order chi connectivity index (χ1) is 16.8. The number of thiocarbonyl (C=S) groups is 1. The molecular formula is C25H24F3N5OS. The standard InChI is InChI=1S/C25H24F3N5OS/c1-32-23(29-16-33(32)21-13-9-19(10-14-21)25(26,27)28)18-7-11-20(12-8-18)30-24(35)31-22(15-34)17-5-3-2-4-6-17/h2-14,16,22-23,34H,15H2,1H3,(H2,30,31,35). The van der Waals surface area contributed by atoms with Crippen molar-refractivity contribution in [3.05, 3.63) is 95.6 Å². The Balaban J connectivity index is 1.37. The molecule has 1 aliphatic heterocycles. The number of alkyl halides is 3. The number of hydrogen-bond acceptors (Lipinski definition) is 5. The Labute approximate surface area is 206 Å². The molecule has 6 nitrogen and oxygen atoms in total. The summed E-state index contributed by atoms with van der Waals surface area (Å²) in [5.74, 6) is 0. The third kappa shape index (κ3) is 5.79. The van der Waals surface area contributed by atoms with E-state index in [4.69, 9.17) is 12.2 Å². The van der Waals surface area contributed by atoms with Gasteiger partial charge in [0.15, 0.2) is 5.11 Å². The largest absolute Gasteiger partial charge is 0.416 e. The van der Waals surface area contributed by atoms with Gasteiger partial charge in [0.25, 0.3) is 0 Å². The molecule has 0 aliphatic carbocycles. The van der Waals surface area contributed by atoms with Crippen molar-refractivity contribution in [2.24, 2.45) is 4.99 Å². The summed E-state index contributed by atoms with van der Waals surface area (Å²) in [6.45, 7) is -0.105. The Bertz CT molecular complexity index is 1170. The third-order valence-electron chi connectivity index (χ3n) is 5.63. The van der Waals surface area contributed by atoms with Crippen molar-refractivity contribution < 1.29 is 18.3 Å². The molecule has 3 N–H and O–H groups in total. The molecule has 3 aromatic carbocycles. The van der Waals surface area contributed by atoms with Crippen LogP contribution in [0, 0.1) is 0 Å². The van der Waals surface area contributed by atoms with Crippen LogP contribution in [0.5, 0.6) is 0 Å². The molecular weight excluding hydrogens is 475 g/mol. The third-order valence-corrected chi connectivity index (χ3v) is 5.85. The summed E-state index contributed by atoms with van der Waals surface area (Å²) in [5.41, 5.74) is 2.48. The van der Waals surface area contributed by atoms with E-state index in [9.17, 15) is 18.3 Å². The lowest BCUT2D eigenvalue weighted by molar-refractivity contribution is -0.137. The van der Waals surface area contributed by atoms with Crippen LogP contribution in [0.4, 0.5) is 24.5 Å². The Morgan fingerprint density at radius 2 is 1.69 bits per heavy atom. The summed E-state index contributed by atoms with van der Waals surface area (Å²) in [4.78, 5) is 4.51. The SMILES string of the molecule is CN1C(c2ccc(NC(=S)NC(CO)c3ccccc3)cc2)N=CN1c1ccc(C(F)(F)F)cc1. The number of aliphatic hydroxyl groups excluding tert-OH is 1. The molecule has 0 spiro atoms. The van der Waals surface area contributed by atoms with Gasteiger partial charge in [-0.05, 0) is 59.7 Å². The van der Waals surface area contributed by atoms with Crippen LogP contribution in [-0.4, -0.2) is 35.2 Å². The summed E-state index contributed by atoms with van der Waals surface area (Å²) < 4.78 is 38.5. The fourth-order valence-corrected chi connectivity index (χ4v) is 4.02. The van der Waals surface area contributed by atoms with Crippen LogP contribution in [0.1, 0.15) is 28.9 Å². The van der Waals surface area contributed by atoms with Gasteiger partial charge in [0.1, 0.15) is 12.5 Å². The van der Waals surface area contributed by atoms with E-state index in [0.29, 0.717) is 10.8 Å². The lowest BCUT2D eigenvalue weighted by atomic mass is 10.1. The fraction of sp³-hybridized carbons (Fsp3) is 0.200. The van der Waals surface area contributed by atoms with Gasteiger partial charge in [-0.25, -0.2) is 4.99 Å². The minimum absolute atomic E-state index is 0.105. The van der Waals surface area contributed by atoms with Crippen LogP contribution < -0.4 is 15.6 Å². The van der Waals surface area contributed by atoms with E-state index in [1.807, 2.05) is 66.7 Å². The summed E-state index contributed by atoms with van der Waals surface area (Å²) >= 11 is 5.40. The Kier molecular flexibility index (Phi) is 7.34. The van der Waals surface area contributed by atoms with Gasteiger partial charge in [0.05, 0.1) is 23.9 Å². The van der Waals surface area contributed by atoms with Crippen LogP contribution >= 0.6 is 12.2 Å². The molecule has 1 heterocycles. The summed E-state index contributed by atoms with van der Waals surface area (Å²) in [7, 11) is 1.82. The molecule has 10 heteroatoms. The Morgan fingerprint density at radius 3 is 2.29 bits per heavy atom. The van der Waals surface area contributed by atoms with E-state index in [1.54, 1.807) is 11.3 Å². The Morgan fingerprint density at radius 1 is 1.03 bits per heavy atom. The van der Waals surface area contributed by atoms with Crippen molar-refractivity contribution in [1.29, 1.82) is 0 Å². The highest BCUT2D eigenvalue weighted by Gasteiger charge is 2.31. The van der Waals surface area contributed by atoms with E-state index in [0.717, 1.165) is 28.9 Å². The van der Waals surface area contributed by atoms with E-state index in [2.05, 4.69) is 15.6 Å². The molecule has 0 bridgehead atoms. The second-order valence-electron chi connectivity index (χ2n) is 7.97. The van der Waals surface area contributed by atoms with Crippen LogP contribution in [0.3, 0.4) is 0 Å². The van der Waals surface area contributed by atoms with Gasteiger partial charge in [-0.1, -0.05) is 42.5 Å².